The average Bonchev–Trinajstić information content (AvgIpc) is 2.42. The van der Waals surface area contributed by atoms with Gasteiger partial charge in [-0.25, -0.2) is 19.4 Å². The first-order chi connectivity index (χ1) is 9.15. The molecule has 0 rings (SSSR count). The molecule has 0 saturated heterocycles. The van der Waals surface area contributed by atoms with Crippen LogP contribution in [0, 0.1) is 0 Å². The van der Waals surface area contributed by atoms with Gasteiger partial charge in [0.1, 0.15) is 13.2 Å². The Balaban J connectivity index is 4.21. The van der Waals surface area contributed by atoms with E-state index >= 15 is 0 Å². The molecular weight excluding hydrogens is 252 g/mol. The van der Waals surface area contributed by atoms with E-state index in [9.17, 15) is 9.59 Å². The lowest BCUT2D eigenvalue weighted by Gasteiger charge is -2.15. The van der Waals surface area contributed by atoms with Gasteiger partial charge in [-0.2, -0.15) is 0 Å². The van der Waals surface area contributed by atoms with E-state index in [1.165, 1.54) is 6.08 Å². The largest absolute Gasteiger partial charge is 0.464 e. The van der Waals surface area contributed by atoms with E-state index in [0.717, 1.165) is 18.9 Å². The molecule has 0 saturated carbocycles. The number of unbranched alkanes of at least 4 members (excludes halogenated alkanes) is 1. The fraction of sp³-hybridized carbons (Fsp3) is 0.538. The van der Waals surface area contributed by atoms with Gasteiger partial charge in [-0.15, -0.1) is 6.58 Å². The fourth-order valence-corrected chi connectivity index (χ4v) is 0.931. The predicted octanol–water partition coefficient (Wildman–Crippen LogP) is 1.56. The highest BCUT2D eigenvalue weighted by atomic mass is 17.2. The molecule has 6 nitrogen and oxygen atoms in total. The van der Waals surface area contributed by atoms with Crippen LogP contribution >= 0.6 is 0 Å². The van der Waals surface area contributed by atoms with Gasteiger partial charge >= 0.3 is 11.9 Å². The van der Waals surface area contributed by atoms with E-state index in [0.29, 0.717) is 0 Å². The SMILES string of the molecule is C=CCOOC(COC(=O)C=C)C(=O)OCCCC. The van der Waals surface area contributed by atoms with Crippen molar-refractivity contribution < 1.29 is 28.8 Å². The second-order valence-electron chi connectivity index (χ2n) is 3.51. The van der Waals surface area contributed by atoms with Crippen LogP contribution in [0.4, 0.5) is 0 Å². The van der Waals surface area contributed by atoms with Crippen LogP contribution in [0.25, 0.3) is 0 Å². The molecule has 1 atom stereocenters. The third-order valence-corrected chi connectivity index (χ3v) is 1.92. The number of hydrogen-bond donors (Lipinski definition) is 0. The van der Waals surface area contributed by atoms with Gasteiger partial charge in [0.15, 0.2) is 0 Å². The van der Waals surface area contributed by atoms with E-state index in [1.807, 2.05) is 6.92 Å². The standard InChI is InChI=1S/C13H20O6/c1-4-7-9-16-13(15)11(19-18-8-5-2)10-17-12(14)6-3/h5-6,11H,2-4,7-10H2,1H3. The first-order valence-electron chi connectivity index (χ1n) is 6.00. The zero-order chi connectivity index (χ0) is 14.5. The highest BCUT2D eigenvalue weighted by Crippen LogP contribution is 2.01. The second kappa shape index (κ2) is 11.4. The van der Waals surface area contributed by atoms with Gasteiger partial charge < -0.3 is 9.47 Å². The Morgan fingerprint density at radius 2 is 2.00 bits per heavy atom. The molecule has 19 heavy (non-hydrogen) atoms. The normalized spacial score (nSPS) is 11.4. The van der Waals surface area contributed by atoms with Crippen molar-refractivity contribution in [2.75, 3.05) is 19.8 Å². The Morgan fingerprint density at radius 1 is 1.26 bits per heavy atom. The molecular formula is C13H20O6. The maximum absolute atomic E-state index is 11.6. The molecule has 0 fully saturated rings. The van der Waals surface area contributed by atoms with Crippen molar-refractivity contribution in [3.63, 3.8) is 0 Å². The van der Waals surface area contributed by atoms with Gasteiger partial charge in [0, 0.05) is 6.08 Å². The average molecular weight is 272 g/mol. The highest BCUT2D eigenvalue weighted by molar-refractivity contribution is 5.82. The van der Waals surface area contributed by atoms with Crippen LogP contribution in [0.1, 0.15) is 19.8 Å². The van der Waals surface area contributed by atoms with Gasteiger partial charge in [0.25, 0.3) is 0 Å². The van der Waals surface area contributed by atoms with Gasteiger partial charge in [-0.3, -0.25) is 0 Å². The maximum atomic E-state index is 11.6. The van der Waals surface area contributed by atoms with Crippen LogP contribution in [-0.2, 0) is 28.8 Å². The summed E-state index contributed by atoms with van der Waals surface area (Å²) in [5, 5.41) is 0. The first-order valence-corrected chi connectivity index (χ1v) is 6.00. The Kier molecular flexibility index (Phi) is 10.4. The summed E-state index contributed by atoms with van der Waals surface area (Å²) < 4.78 is 9.68. The van der Waals surface area contributed by atoms with Crippen molar-refractivity contribution in [2.45, 2.75) is 25.9 Å². The molecule has 0 amide bonds. The minimum atomic E-state index is -1.12. The molecule has 0 aromatic carbocycles. The van der Waals surface area contributed by atoms with Crippen molar-refractivity contribution >= 4 is 11.9 Å². The summed E-state index contributed by atoms with van der Waals surface area (Å²) in [4.78, 5) is 32.1. The summed E-state index contributed by atoms with van der Waals surface area (Å²) in [6, 6.07) is 0. The second-order valence-corrected chi connectivity index (χ2v) is 3.51. The zero-order valence-corrected chi connectivity index (χ0v) is 11.1. The topological polar surface area (TPSA) is 71.1 Å². The highest BCUT2D eigenvalue weighted by Gasteiger charge is 2.24. The Morgan fingerprint density at radius 3 is 2.58 bits per heavy atom. The first kappa shape index (κ1) is 17.3. The monoisotopic (exact) mass is 272 g/mol. The molecule has 0 aromatic rings. The number of hydrogen-bond acceptors (Lipinski definition) is 6. The lowest BCUT2D eigenvalue weighted by Crippen LogP contribution is -2.32. The number of esters is 2. The molecule has 0 bridgehead atoms. The van der Waals surface area contributed by atoms with Gasteiger partial charge in [0.2, 0.25) is 6.10 Å². The van der Waals surface area contributed by atoms with E-state index in [2.05, 4.69) is 13.2 Å². The van der Waals surface area contributed by atoms with Crippen molar-refractivity contribution in [1.82, 2.24) is 0 Å². The van der Waals surface area contributed by atoms with Crippen molar-refractivity contribution in [2.24, 2.45) is 0 Å². The van der Waals surface area contributed by atoms with Crippen LogP contribution in [0.5, 0.6) is 0 Å². The van der Waals surface area contributed by atoms with E-state index in [-0.39, 0.29) is 19.8 Å². The Labute approximate surface area is 112 Å². The van der Waals surface area contributed by atoms with Crippen LogP contribution < -0.4 is 0 Å². The molecule has 0 spiro atoms. The quantitative estimate of drug-likeness (QED) is 0.142. The molecule has 0 aliphatic rings. The zero-order valence-electron chi connectivity index (χ0n) is 11.1. The van der Waals surface area contributed by atoms with Crippen LogP contribution in [0.15, 0.2) is 25.3 Å². The third kappa shape index (κ3) is 8.98. The third-order valence-electron chi connectivity index (χ3n) is 1.92. The van der Waals surface area contributed by atoms with Crippen LogP contribution in [-0.4, -0.2) is 37.9 Å². The number of ether oxygens (including phenoxy) is 2. The van der Waals surface area contributed by atoms with E-state index in [1.54, 1.807) is 0 Å². The lowest BCUT2D eigenvalue weighted by molar-refractivity contribution is -0.318. The van der Waals surface area contributed by atoms with Crippen LogP contribution in [0.3, 0.4) is 0 Å². The molecule has 0 aromatic heterocycles. The molecule has 6 heteroatoms. The van der Waals surface area contributed by atoms with E-state index in [4.69, 9.17) is 19.2 Å². The molecule has 0 aliphatic carbocycles. The Bertz CT molecular complexity index is 300. The summed E-state index contributed by atoms with van der Waals surface area (Å²) in [6.45, 7) is 8.74. The van der Waals surface area contributed by atoms with Crippen molar-refractivity contribution in [3.05, 3.63) is 25.3 Å². The van der Waals surface area contributed by atoms with Crippen molar-refractivity contribution in [1.29, 1.82) is 0 Å². The molecule has 0 N–H and O–H groups in total. The van der Waals surface area contributed by atoms with E-state index < -0.39 is 18.0 Å². The minimum absolute atomic E-state index is 0.105. The summed E-state index contributed by atoms with van der Waals surface area (Å²) in [7, 11) is 0. The maximum Gasteiger partial charge on any atom is 0.342 e. The fourth-order valence-electron chi connectivity index (χ4n) is 0.931. The van der Waals surface area contributed by atoms with Crippen LogP contribution in [0.2, 0.25) is 0 Å². The molecule has 1 unspecified atom stereocenters. The minimum Gasteiger partial charge on any atom is -0.464 e. The number of rotatable bonds is 11. The van der Waals surface area contributed by atoms with Gasteiger partial charge in [-0.1, -0.05) is 26.0 Å². The molecule has 0 aliphatic heterocycles. The van der Waals surface area contributed by atoms with Crippen molar-refractivity contribution in [3.8, 4) is 0 Å². The summed E-state index contributed by atoms with van der Waals surface area (Å²) >= 11 is 0. The summed E-state index contributed by atoms with van der Waals surface area (Å²) in [5.41, 5.74) is 0. The molecule has 0 heterocycles. The summed E-state index contributed by atoms with van der Waals surface area (Å²) in [5.74, 6) is -1.30. The molecule has 0 radical (unpaired) electrons. The number of carbonyl (C=O) groups excluding carboxylic acids is 2. The predicted molar refractivity (Wildman–Crippen MR) is 68.0 cm³/mol. The van der Waals surface area contributed by atoms with Gasteiger partial charge in [-0.05, 0) is 6.42 Å². The summed E-state index contributed by atoms with van der Waals surface area (Å²) in [6.07, 6.45) is 2.97. The smallest absolute Gasteiger partial charge is 0.342 e. The molecule has 108 valence electrons. The number of carbonyl (C=O) groups is 2. The Hall–Kier alpha value is -1.66. The lowest BCUT2D eigenvalue weighted by atomic mass is 10.3. The van der Waals surface area contributed by atoms with Gasteiger partial charge in [0.05, 0.1) is 6.61 Å².